The summed E-state index contributed by atoms with van der Waals surface area (Å²) in [7, 11) is 0. The predicted molar refractivity (Wildman–Crippen MR) is 63.9 cm³/mol. The lowest BCUT2D eigenvalue weighted by Gasteiger charge is -2.05. The van der Waals surface area contributed by atoms with E-state index in [-0.39, 0.29) is 5.92 Å². The Kier molecular flexibility index (Phi) is 2.83. The largest absolute Gasteiger partial charge is 0.332 e. The van der Waals surface area contributed by atoms with Crippen LogP contribution in [-0.4, -0.2) is 38.2 Å². The third-order valence-electron chi connectivity index (χ3n) is 3.10. The lowest BCUT2D eigenvalue weighted by molar-refractivity contribution is 0.418. The summed E-state index contributed by atoms with van der Waals surface area (Å²) < 4.78 is 7.07. The molecular formula is C11H16N6O. The zero-order valence-electron chi connectivity index (χ0n) is 10.5. The highest BCUT2D eigenvalue weighted by molar-refractivity contribution is 5.43. The zero-order valence-corrected chi connectivity index (χ0v) is 10.5. The van der Waals surface area contributed by atoms with Gasteiger partial charge in [-0.1, -0.05) is 24.2 Å². The summed E-state index contributed by atoms with van der Waals surface area (Å²) in [6, 6.07) is 0.374. The van der Waals surface area contributed by atoms with Gasteiger partial charge in [0, 0.05) is 12.5 Å². The Morgan fingerprint density at radius 1 is 1.50 bits per heavy atom. The Balaban J connectivity index is 1.83. The van der Waals surface area contributed by atoms with E-state index in [0.717, 1.165) is 19.5 Å². The maximum absolute atomic E-state index is 5.20. The smallest absolute Gasteiger partial charge is 0.280 e. The van der Waals surface area contributed by atoms with Gasteiger partial charge in [-0.25, -0.2) is 4.68 Å². The fourth-order valence-corrected chi connectivity index (χ4v) is 1.99. The van der Waals surface area contributed by atoms with Crippen LogP contribution < -0.4 is 5.32 Å². The first kappa shape index (κ1) is 11.3. The van der Waals surface area contributed by atoms with Crippen molar-refractivity contribution in [3.63, 3.8) is 0 Å². The molecular weight excluding hydrogens is 232 g/mol. The van der Waals surface area contributed by atoms with Gasteiger partial charge in [0.1, 0.15) is 0 Å². The first-order valence-electron chi connectivity index (χ1n) is 6.20. The molecule has 1 aliphatic rings. The molecule has 18 heavy (non-hydrogen) atoms. The Bertz CT molecular complexity index is 525. The van der Waals surface area contributed by atoms with Gasteiger partial charge in [0.15, 0.2) is 11.5 Å². The van der Waals surface area contributed by atoms with Crippen molar-refractivity contribution in [2.75, 3.05) is 13.1 Å². The van der Waals surface area contributed by atoms with Crippen molar-refractivity contribution in [3.05, 3.63) is 12.0 Å². The van der Waals surface area contributed by atoms with Crippen molar-refractivity contribution < 1.29 is 4.52 Å². The van der Waals surface area contributed by atoms with Crippen LogP contribution in [0.4, 0.5) is 0 Å². The summed E-state index contributed by atoms with van der Waals surface area (Å²) in [5, 5.41) is 15.4. The molecule has 1 fully saturated rings. The number of rotatable bonds is 3. The molecule has 1 atom stereocenters. The molecule has 0 amide bonds. The van der Waals surface area contributed by atoms with Crippen LogP contribution in [0.1, 0.15) is 38.1 Å². The molecule has 3 rings (SSSR count). The highest BCUT2D eigenvalue weighted by atomic mass is 16.5. The van der Waals surface area contributed by atoms with E-state index in [4.69, 9.17) is 4.52 Å². The summed E-state index contributed by atoms with van der Waals surface area (Å²) in [5.74, 6) is 1.38. The van der Waals surface area contributed by atoms with Crippen LogP contribution in [0.25, 0.3) is 11.6 Å². The number of hydrogen-bond acceptors (Lipinski definition) is 6. The van der Waals surface area contributed by atoms with Gasteiger partial charge >= 0.3 is 0 Å². The molecule has 0 aliphatic carbocycles. The van der Waals surface area contributed by atoms with E-state index in [1.165, 1.54) is 0 Å². The van der Waals surface area contributed by atoms with Crippen LogP contribution in [0.5, 0.6) is 0 Å². The van der Waals surface area contributed by atoms with Gasteiger partial charge in [0.25, 0.3) is 5.89 Å². The monoisotopic (exact) mass is 248 g/mol. The van der Waals surface area contributed by atoms with Crippen LogP contribution in [-0.2, 0) is 0 Å². The SMILES string of the molecule is CC(C)c1noc(-c2cn([C@@H]3CCNC3)nn2)n1. The van der Waals surface area contributed by atoms with Gasteiger partial charge in [-0.05, 0) is 13.0 Å². The van der Waals surface area contributed by atoms with Crippen LogP contribution in [0, 0.1) is 0 Å². The second-order valence-electron chi connectivity index (χ2n) is 4.84. The third-order valence-corrected chi connectivity index (χ3v) is 3.10. The molecule has 1 saturated heterocycles. The maximum Gasteiger partial charge on any atom is 0.280 e. The van der Waals surface area contributed by atoms with Gasteiger partial charge in [0.05, 0.1) is 12.2 Å². The van der Waals surface area contributed by atoms with Gasteiger partial charge in [-0.15, -0.1) is 5.10 Å². The van der Waals surface area contributed by atoms with Crippen molar-refractivity contribution in [1.82, 2.24) is 30.5 Å². The van der Waals surface area contributed by atoms with Crippen molar-refractivity contribution in [1.29, 1.82) is 0 Å². The maximum atomic E-state index is 5.20. The fraction of sp³-hybridized carbons (Fsp3) is 0.636. The number of hydrogen-bond donors (Lipinski definition) is 1. The summed E-state index contributed by atoms with van der Waals surface area (Å²) in [6.07, 6.45) is 2.94. The van der Waals surface area contributed by atoms with E-state index in [2.05, 4.69) is 25.8 Å². The molecule has 3 heterocycles. The lowest BCUT2D eigenvalue weighted by Crippen LogP contribution is -2.13. The average Bonchev–Trinajstić information content (AvgIpc) is 3.10. The van der Waals surface area contributed by atoms with E-state index >= 15 is 0 Å². The first-order chi connectivity index (χ1) is 8.74. The summed E-state index contributed by atoms with van der Waals surface area (Å²) >= 11 is 0. The lowest BCUT2D eigenvalue weighted by atomic mass is 10.2. The number of nitrogens with zero attached hydrogens (tertiary/aromatic N) is 5. The minimum Gasteiger partial charge on any atom is -0.332 e. The van der Waals surface area contributed by atoms with Gasteiger partial charge < -0.3 is 9.84 Å². The molecule has 7 heteroatoms. The quantitative estimate of drug-likeness (QED) is 0.872. The van der Waals surface area contributed by atoms with Crippen LogP contribution in [0.2, 0.25) is 0 Å². The first-order valence-corrected chi connectivity index (χ1v) is 6.20. The number of nitrogens with one attached hydrogen (secondary N) is 1. The Labute approximate surface area is 105 Å². The average molecular weight is 248 g/mol. The Hall–Kier alpha value is -1.76. The molecule has 2 aromatic heterocycles. The second-order valence-corrected chi connectivity index (χ2v) is 4.84. The predicted octanol–water partition coefficient (Wildman–Crippen LogP) is 0.986. The molecule has 2 aromatic rings. The Morgan fingerprint density at radius 2 is 2.39 bits per heavy atom. The van der Waals surface area contributed by atoms with Gasteiger partial charge in [0.2, 0.25) is 0 Å². The molecule has 7 nitrogen and oxygen atoms in total. The van der Waals surface area contributed by atoms with Crippen molar-refractivity contribution >= 4 is 0 Å². The molecule has 0 radical (unpaired) electrons. The molecule has 1 N–H and O–H groups in total. The highest BCUT2D eigenvalue weighted by Crippen LogP contribution is 2.20. The minimum atomic E-state index is 0.247. The topological polar surface area (TPSA) is 81.7 Å². The summed E-state index contributed by atoms with van der Waals surface area (Å²) in [4.78, 5) is 4.31. The van der Waals surface area contributed by atoms with Crippen molar-refractivity contribution in [3.8, 4) is 11.6 Å². The third kappa shape index (κ3) is 2.01. The van der Waals surface area contributed by atoms with Crippen LogP contribution >= 0.6 is 0 Å². The molecule has 0 unspecified atom stereocenters. The van der Waals surface area contributed by atoms with E-state index in [1.54, 1.807) is 0 Å². The van der Waals surface area contributed by atoms with E-state index < -0.39 is 0 Å². The van der Waals surface area contributed by atoms with Gasteiger partial charge in [-0.3, -0.25) is 0 Å². The molecule has 0 aromatic carbocycles. The molecule has 0 spiro atoms. The van der Waals surface area contributed by atoms with Crippen LogP contribution in [0.3, 0.4) is 0 Å². The van der Waals surface area contributed by atoms with E-state index in [9.17, 15) is 0 Å². The van der Waals surface area contributed by atoms with E-state index in [0.29, 0.717) is 23.5 Å². The molecule has 0 bridgehead atoms. The Morgan fingerprint density at radius 3 is 3.06 bits per heavy atom. The van der Waals surface area contributed by atoms with Crippen LogP contribution in [0.15, 0.2) is 10.7 Å². The highest BCUT2D eigenvalue weighted by Gasteiger charge is 2.20. The molecule has 96 valence electrons. The molecule has 0 saturated carbocycles. The normalized spacial score (nSPS) is 19.8. The van der Waals surface area contributed by atoms with Crippen molar-refractivity contribution in [2.45, 2.75) is 32.2 Å². The minimum absolute atomic E-state index is 0.247. The summed E-state index contributed by atoms with van der Waals surface area (Å²) in [6.45, 7) is 6.01. The fourth-order valence-electron chi connectivity index (χ4n) is 1.99. The standard InChI is InChI=1S/C11H16N6O/c1-7(2)10-13-11(18-15-10)9-6-17(16-14-9)8-3-4-12-5-8/h6-8,12H,3-5H2,1-2H3/t8-/m1/s1. The molecule has 1 aliphatic heterocycles. The number of aromatic nitrogens is 5. The van der Waals surface area contributed by atoms with Crippen molar-refractivity contribution in [2.24, 2.45) is 0 Å². The second kappa shape index (κ2) is 4.49. The van der Waals surface area contributed by atoms with E-state index in [1.807, 2.05) is 24.7 Å². The zero-order chi connectivity index (χ0) is 12.5. The summed E-state index contributed by atoms with van der Waals surface area (Å²) in [5.41, 5.74) is 0.640. The van der Waals surface area contributed by atoms with Gasteiger partial charge in [-0.2, -0.15) is 4.98 Å².